The van der Waals surface area contributed by atoms with Crippen molar-refractivity contribution in [3.8, 4) is 17.0 Å². The first-order valence-corrected chi connectivity index (χ1v) is 7.62. The van der Waals surface area contributed by atoms with Crippen LogP contribution in [0.3, 0.4) is 0 Å². The van der Waals surface area contributed by atoms with E-state index >= 15 is 0 Å². The molecule has 0 aliphatic rings. The summed E-state index contributed by atoms with van der Waals surface area (Å²) < 4.78 is 10.3. The number of fused-ring (bicyclic) bond motifs is 1. The van der Waals surface area contributed by atoms with Crippen LogP contribution in [0.1, 0.15) is 17.3 Å². The molecule has 1 N–H and O–H groups in total. The molecule has 5 heteroatoms. The van der Waals surface area contributed by atoms with Crippen LogP contribution in [-0.2, 0) is 4.74 Å². The number of H-pyrrole nitrogens is 1. The SMILES string of the molecule is CCOC(=O)c1c(-c2ccccc2)[nH]c2ccc(OC)cc2c1=O. The molecule has 3 rings (SSSR count). The Morgan fingerprint density at radius 3 is 2.54 bits per heavy atom. The highest BCUT2D eigenvalue weighted by Gasteiger charge is 2.21. The Balaban J connectivity index is 2.35. The minimum Gasteiger partial charge on any atom is -0.497 e. The van der Waals surface area contributed by atoms with Crippen molar-refractivity contribution in [2.45, 2.75) is 6.92 Å². The molecule has 0 spiro atoms. The summed E-state index contributed by atoms with van der Waals surface area (Å²) in [5.74, 6) is -0.0856. The van der Waals surface area contributed by atoms with Crippen LogP contribution >= 0.6 is 0 Å². The van der Waals surface area contributed by atoms with Gasteiger partial charge in [-0.1, -0.05) is 30.3 Å². The lowest BCUT2D eigenvalue weighted by atomic mass is 10.0. The Morgan fingerprint density at radius 2 is 1.88 bits per heavy atom. The van der Waals surface area contributed by atoms with E-state index in [2.05, 4.69) is 4.98 Å². The van der Waals surface area contributed by atoms with Gasteiger partial charge in [0.05, 0.1) is 30.3 Å². The summed E-state index contributed by atoms with van der Waals surface area (Å²) in [7, 11) is 1.53. The molecule has 0 saturated carbocycles. The van der Waals surface area contributed by atoms with Crippen LogP contribution < -0.4 is 10.2 Å². The predicted molar refractivity (Wildman–Crippen MR) is 92.5 cm³/mol. The van der Waals surface area contributed by atoms with Crippen LogP contribution in [0.5, 0.6) is 5.75 Å². The Labute approximate surface area is 138 Å². The van der Waals surface area contributed by atoms with Gasteiger partial charge in [0.15, 0.2) is 0 Å². The number of ether oxygens (including phenoxy) is 2. The molecule has 5 nitrogen and oxygen atoms in total. The maximum Gasteiger partial charge on any atom is 0.344 e. The van der Waals surface area contributed by atoms with Crippen LogP contribution in [0.2, 0.25) is 0 Å². The second-order valence-corrected chi connectivity index (χ2v) is 5.20. The zero-order chi connectivity index (χ0) is 17.1. The van der Waals surface area contributed by atoms with Crippen molar-refractivity contribution in [1.29, 1.82) is 0 Å². The Morgan fingerprint density at radius 1 is 1.12 bits per heavy atom. The maximum atomic E-state index is 12.9. The van der Waals surface area contributed by atoms with E-state index in [-0.39, 0.29) is 17.6 Å². The zero-order valence-corrected chi connectivity index (χ0v) is 13.5. The van der Waals surface area contributed by atoms with Crippen LogP contribution in [0.25, 0.3) is 22.2 Å². The van der Waals surface area contributed by atoms with Crippen LogP contribution in [0.15, 0.2) is 53.3 Å². The monoisotopic (exact) mass is 323 g/mol. The van der Waals surface area contributed by atoms with Crippen molar-refractivity contribution in [2.75, 3.05) is 13.7 Å². The standard InChI is InChI=1S/C19H17NO4/c1-3-24-19(22)16-17(12-7-5-4-6-8-12)20-15-10-9-13(23-2)11-14(15)18(16)21/h4-11H,3H2,1-2H3,(H,20,21). The highest BCUT2D eigenvalue weighted by atomic mass is 16.5. The molecule has 0 aliphatic carbocycles. The highest BCUT2D eigenvalue weighted by Crippen LogP contribution is 2.25. The molecule has 1 heterocycles. The van der Waals surface area contributed by atoms with Crippen molar-refractivity contribution in [2.24, 2.45) is 0 Å². The normalized spacial score (nSPS) is 10.6. The average Bonchev–Trinajstić information content (AvgIpc) is 2.62. The van der Waals surface area contributed by atoms with Crippen molar-refractivity contribution in [3.05, 3.63) is 64.3 Å². The number of carbonyl (C=O) groups is 1. The third kappa shape index (κ3) is 2.76. The fraction of sp³-hybridized carbons (Fsp3) is 0.158. The minimum atomic E-state index is -0.637. The van der Waals surface area contributed by atoms with E-state index in [1.807, 2.05) is 30.3 Å². The van der Waals surface area contributed by atoms with Crippen molar-refractivity contribution in [3.63, 3.8) is 0 Å². The first kappa shape index (κ1) is 15.8. The maximum absolute atomic E-state index is 12.9. The molecule has 0 aliphatic heterocycles. The second-order valence-electron chi connectivity index (χ2n) is 5.20. The Hall–Kier alpha value is -3.08. The highest BCUT2D eigenvalue weighted by molar-refractivity contribution is 6.00. The number of nitrogens with one attached hydrogen (secondary N) is 1. The fourth-order valence-corrected chi connectivity index (χ4v) is 2.61. The largest absolute Gasteiger partial charge is 0.497 e. The molecule has 0 bridgehead atoms. The average molecular weight is 323 g/mol. The smallest absolute Gasteiger partial charge is 0.344 e. The zero-order valence-electron chi connectivity index (χ0n) is 13.5. The van der Waals surface area contributed by atoms with Crippen molar-refractivity contribution < 1.29 is 14.3 Å². The molecule has 0 atom stereocenters. The molecule has 3 aromatic rings. The van der Waals surface area contributed by atoms with Gasteiger partial charge in [-0.05, 0) is 30.7 Å². The van der Waals surface area contributed by atoms with Crippen molar-refractivity contribution in [1.82, 2.24) is 4.98 Å². The van der Waals surface area contributed by atoms with E-state index in [1.54, 1.807) is 25.1 Å². The Kier molecular flexibility index (Phi) is 4.33. The third-order valence-electron chi connectivity index (χ3n) is 3.75. The summed E-state index contributed by atoms with van der Waals surface area (Å²) in [4.78, 5) is 28.5. The first-order chi connectivity index (χ1) is 11.7. The van der Waals surface area contributed by atoms with Crippen LogP contribution in [0.4, 0.5) is 0 Å². The number of carbonyl (C=O) groups excluding carboxylic acids is 1. The summed E-state index contributed by atoms with van der Waals surface area (Å²) in [6, 6.07) is 14.4. The lowest BCUT2D eigenvalue weighted by molar-refractivity contribution is 0.0525. The summed E-state index contributed by atoms with van der Waals surface area (Å²) in [6.45, 7) is 1.90. The minimum absolute atomic E-state index is 0.00352. The van der Waals surface area contributed by atoms with Crippen LogP contribution in [-0.4, -0.2) is 24.7 Å². The number of esters is 1. The van der Waals surface area contributed by atoms with Gasteiger partial charge in [-0.2, -0.15) is 0 Å². The van der Waals surface area contributed by atoms with E-state index in [0.717, 1.165) is 5.56 Å². The molecule has 0 radical (unpaired) electrons. The molecule has 0 saturated heterocycles. The number of benzene rings is 2. The van der Waals surface area contributed by atoms with Gasteiger partial charge in [-0.3, -0.25) is 4.79 Å². The van der Waals surface area contributed by atoms with E-state index in [9.17, 15) is 9.59 Å². The summed E-state index contributed by atoms with van der Waals surface area (Å²) in [6.07, 6.45) is 0. The molecule has 122 valence electrons. The molecule has 1 aromatic heterocycles. The quantitative estimate of drug-likeness (QED) is 0.747. The number of hydrogen-bond acceptors (Lipinski definition) is 4. The van der Waals surface area contributed by atoms with Gasteiger partial charge >= 0.3 is 5.97 Å². The van der Waals surface area contributed by atoms with E-state index < -0.39 is 5.97 Å². The van der Waals surface area contributed by atoms with Gasteiger partial charge in [0.1, 0.15) is 11.3 Å². The molecule has 24 heavy (non-hydrogen) atoms. The molecule has 0 amide bonds. The number of hydrogen-bond donors (Lipinski definition) is 1. The van der Waals surface area contributed by atoms with E-state index in [0.29, 0.717) is 22.3 Å². The number of rotatable bonds is 4. The molecule has 0 unspecified atom stereocenters. The molecular weight excluding hydrogens is 306 g/mol. The summed E-state index contributed by atoms with van der Waals surface area (Å²) in [5.41, 5.74) is 1.46. The number of methoxy groups -OCH3 is 1. The van der Waals surface area contributed by atoms with Crippen molar-refractivity contribution >= 4 is 16.9 Å². The van der Waals surface area contributed by atoms with Gasteiger partial charge in [0.2, 0.25) is 5.43 Å². The van der Waals surface area contributed by atoms with Gasteiger partial charge in [-0.15, -0.1) is 0 Å². The van der Waals surface area contributed by atoms with Crippen LogP contribution in [0, 0.1) is 0 Å². The Bertz CT molecular complexity index is 945. The lowest BCUT2D eigenvalue weighted by Crippen LogP contribution is -2.20. The number of aromatic nitrogens is 1. The van der Waals surface area contributed by atoms with Gasteiger partial charge in [-0.25, -0.2) is 4.79 Å². The number of aromatic amines is 1. The lowest BCUT2D eigenvalue weighted by Gasteiger charge is -2.11. The summed E-state index contributed by atoms with van der Waals surface area (Å²) in [5, 5.41) is 0.386. The van der Waals surface area contributed by atoms with E-state index in [4.69, 9.17) is 9.47 Å². The van der Waals surface area contributed by atoms with Gasteiger partial charge < -0.3 is 14.5 Å². The molecular formula is C19H17NO4. The topological polar surface area (TPSA) is 68.4 Å². The second kappa shape index (κ2) is 6.58. The first-order valence-electron chi connectivity index (χ1n) is 7.62. The molecule has 0 fully saturated rings. The number of pyridine rings is 1. The van der Waals surface area contributed by atoms with Gasteiger partial charge in [0, 0.05) is 0 Å². The fourth-order valence-electron chi connectivity index (χ4n) is 2.61. The molecule has 2 aromatic carbocycles. The summed E-state index contributed by atoms with van der Waals surface area (Å²) >= 11 is 0. The third-order valence-corrected chi connectivity index (χ3v) is 3.75. The van der Waals surface area contributed by atoms with Gasteiger partial charge in [0.25, 0.3) is 0 Å². The van der Waals surface area contributed by atoms with E-state index in [1.165, 1.54) is 7.11 Å². The predicted octanol–water partition coefficient (Wildman–Crippen LogP) is 3.38.